The molecule has 0 saturated carbocycles. The summed E-state index contributed by atoms with van der Waals surface area (Å²) in [5.41, 5.74) is 4.59. The largest absolute Gasteiger partial charge is 0.377 e. The average molecular weight is 454 g/mol. The van der Waals surface area contributed by atoms with Crippen molar-refractivity contribution in [2.24, 2.45) is 13.0 Å². The lowest BCUT2D eigenvalue weighted by Crippen LogP contribution is -2.50. The Labute approximate surface area is 198 Å². The van der Waals surface area contributed by atoms with E-state index in [-0.39, 0.29) is 11.5 Å². The van der Waals surface area contributed by atoms with Crippen molar-refractivity contribution in [2.75, 3.05) is 26.3 Å². The lowest BCUT2D eigenvalue weighted by molar-refractivity contribution is -0.148. The van der Waals surface area contributed by atoms with E-state index in [9.17, 15) is 4.79 Å². The molecular weight excluding hydrogens is 414 g/mol. The van der Waals surface area contributed by atoms with Gasteiger partial charge in [-0.1, -0.05) is 30.3 Å². The molecule has 1 aromatic heterocycles. The molecule has 0 N–H and O–H groups in total. The number of ether oxygens (including phenoxy) is 2. The summed E-state index contributed by atoms with van der Waals surface area (Å²) in [6, 6.07) is 10.4. The smallest absolute Gasteiger partial charge is 0.222 e. The molecule has 6 nitrogen and oxygen atoms in total. The lowest BCUT2D eigenvalue weighted by atomic mass is 9.78. The predicted molar refractivity (Wildman–Crippen MR) is 129 cm³/mol. The normalized spacial score (nSPS) is 20.3. The van der Waals surface area contributed by atoms with Gasteiger partial charge in [-0.2, -0.15) is 5.10 Å². The Bertz CT molecular complexity index is 916. The number of carbonyl (C=O) groups is 1. The van der Waals surface area contributed by atoms with E-state index in [1.54, 1.807) is 0 Å². The number of benzene rings is 1. The van der Waals surface area contributed by atoms with E-state index in [2.05, 4.69) is 36.3 Å². The Morgan fingerprint density at radius 3 is 2.67 bits per heavy atom. The topological polar surface area (TPSA) is 56.6 Å². The zero-order valence-electron chi connectivity index (χ0n) is 20.5. The highest BCUT2D eigenvalue weighted by Gasteiger charge is 2.40. The molecule has 2 saturated heterocycles. The molecule has 180 valence electrons. The van der Waals surface area contributed by atoms with E-state index in [1.807, 2.05) is 29.6 Å². The molecule has 2 aliphatic heterocycles. The molecule has 33 heavy (non-hydrogen) atoms. The van der Waals surface area contributed by atoms with Crippen molar-refractivity contribution in [3.63, 3.8) is 0 Å². The highest BCUT2D eigenvalue weighted by atomic mass is 16.5. The molecule has 2 aromatic rings. The van der Waals surface area contributed by atoms with Crippen LogP contribution in [0.3, 0.4) is 0 Å². The van der Waals surface area contributed by atoms with E-state index >= 15 is 0 Å². The Morgan fingerprint density at radius 1 is 1.21 bits per heavy atom. The van der Waals surface area contributed by atoms with Gasteiger partial charge in [-0.3, -0.25) is 9.48 Å². The van der Waals surface area contributed by atoms with Gasteiger partial charge in [0.25, 0.3) is 0 Å². The number of likely N-dealkylation sites (tertiary alicyclic amines) is 1. The molecule has 1 atom stereocenters. The summed E-state index contributed by atoms with van der Waals surface area (Å²) in [4.78, 5) is 14.9. The first-order valence-corrected chi connectivity index (χ1v) is 12.5. The second-order valence-electron chi connectivity index (χ2n) is 9.87. The van der Waals surface area contributed by atoms with Crippen LogP contribution in [0.5, 0.6) is 0 Å². The Balaban J connectivity index is 1.19. The zero-order valence-corrected chi connectivity index (χ0v) is 20.5. The minimum atomic E-state index is -0.0460. The molecule has 0 bridgehead atoms. The molecule has 0 radical (unpaired) electrons. The van der Waals surface area contributed by atoms with Crippen molar-refractivity contribution in [1.29, 1.82) is 0 Å². The van der Waals surface area contributed by atoms with Gasteiger partial charge >= 0.3 is 0 Å². The zero-order chi connectivity index (χ0) is 23.3. The Hall–Kier alpha value is -2.18. The van der Waals surface area contributed by atoms with Crippen LogP contribution < -0.4 is 0 Å². The number of aromatic nitrogens is 2. The molecule has 1 spiro atoms. The summed E-state index contributed by atoms with van der Waals surface area (Å²) in [7, 11) is 1.96. The SMILES string of the molecule is Cc1nn(C)c(C)c1CCC(=O)N1CCC2(CC1)CC(CCOCc1ccccc1)CCO2. The molecule has 0 aliphatic carbocycles. The lowest BCUT2D eigenvalue weighted by Gasteiger charge is -2.46. The second kappa shape index (κ2) is 10.8. The van der Waals surface area contributed by atoms with Crippen molar-refractivity contribution < 1.29 is 14.3 Å². The third-order valence-electron chi connectivity index (χ3n) is 7.65. The standard InChI is InChI=1S/C27H39N3O3/c1-21-25(22(2)29(3)28-21)9-10-26(31)30-15-13-27(14-16-30)19-23(12-18-33-27)11-17-32-20-24-7-5-4-6-8-24/h4-8,23H,9-20H2,1-3H3. The maximum atomic E-state index is 12.9. The fraction of sp³-hybridized carbons (Fsp3) is 0.630. The summed E-state index contributed by atoms with van der Waals surface area (Å²) in [6.07, 6.45) is 6.53. The van der Waals surface area contributed by atoms with E-state index in [1.165, 1.54) is 11.1 Å². The molecule has 3 heterocycles. The van der Waals surface area contributed by atoms with Gasteiger partial charge in [0.15, 0.2) is 0 Å². The van der Waals surface area contributed by atoms with Crippen LogP contribution in [0.4, 0.5) is 0 Å². The highest BCUT2D eigenvalue weighted by molar-refractivity contribution is 5.76. The van der Waals surface area contributed by atoms with Crippen molar-refractivity contribution in [1.82, 2.24) is 14.7 Å². The number of rotatable bonds is 8. The Morgan fingerprint density at radius 2 is 1.97 bits per heavy atom. The Kier molecular flexibility index (Phi) is 7.86. The monoisotopic (exact) mass is 453 g/mol. The van der Waals surface area contributed by atoms with Crippen molar-refractivity contribution in [2.45, 2.75) is 71.0 Å². The molecule has 2 aliphatic rings. The number of aryl methyl sites for hydroxylation is 2. The minimum absolute atomic E-state index is 0.0460. The van der Waals surface area contributed by atoms with Crippen LogP contribution in [0.15, 0.2) is 30.3 Å². The van der Waals surface area contributed by atoms with Crippen LogP contribution in [-0.4, -0.2) is 52.5 Å². The first kappa shape index (κ1) is 24.0. The number of amides is 1. The molecule has 1 unspecified atom stereocenters. The van der Waals surface area contributed by atoms with Gasteiger partial charge in [0.05, 0.1) is 17.9 Å². The summed E-state index contributed by atoms with van der Waals surface area (Å²) in [5, 5.41) is 4.47. The van der Waals surface area contributed by atoms with Crippen molar-refractivity contribution in [3.05, 3.63) is 52.8 Å². The fourth-order valence-corrected chi connectivity index (χ4v) is 5.47. The van der Waals surface area contributed by atoms with Crippen LogP contribution in [0.25, 0.3) is 0 Å². The van der Waals surface area contributed by atoms with Gasteiger partial charge in [0.1, 0.15) is 0 Å². The first-order valence-electron chi connectivity index (χ1n) is 12.5. The predicted octanol–water partition coefficient (Wildman–Crippen LogP) is 4.36. The van der Waals surface area contributed by atoms with Crippen LogP contribution in [0.1, 0.15) is 61.0 Å². The van der Waals surface area contributed by atoms with E-state index < -0.39 is 0 Å². The van der Waals surface area contributed by atoms with Gasteiger partial charge in [0, 0.05) is 45.5 Å². The summed E-state index contributed by atoms with van der Waals surface area (Å²) < 4.78 is 14.1. The maximum absolute atomic E-state index is 12.9. The third kappa shape index (κ3) is 6.04. The number of hydrogen-bond donors (Lipinski definition) is 0. The summed E-state index contributed by atoms with van der Waals surface area (Å²) >= 11 is 0. The highest BCUT2D eigenvalue weighted by Crippen LogP contribution is 2.39. The average Bonchev–Trinajstić information content (AvgIpc) is 3.07. The number of piperidine rings is 1. The van der Waals surface area contributed by atoms with Crippen LogP contribution in [0.2, 0.25) is 0 Å². The quantitative estimate of drug-likeness (QED) is 0.557. The summed E-state index contributed by atoms with van der Waals surface area (Å²) in [5.74, 6) is 0.905. The minimum Gasteiger partial charge on any atom is -0.377 e. The molecule has 4 rings (SSSR count). The molecular formula is C27H39N3O3. The van der Waals surface area contributed by atoms with Crippen LogP contribution >= 0.6 is 0 Å². The second-order valence-corrected chi connectivity index (χ2v) is 9.87. The number of hydrogen-bond acceptors (Lipinski definition) is 4. The van der Waals surface area contributed by atoms with E-state index in [4.69, 9.17) is 9.47 Å². The van der Waals surface area contributed by atoms with Crippen molar-refractivity contribution >= 4 is 5.91 Å². The van der Waals surface area contributed by atoms with Gasteiger partial charge in [-0.15, -0.1) is 0 Å². The van der Waals surface area contributed by atoms with Gasteiger partial charge in [0.2, 0.25) is 5.91 Å². The number of carbonyl (C=O) groups excluding carboxylic acids is 1. The van der Waals surface area contributed by atoms with Gasteiger partial charge < -0.3 is 14.4 Å². The molecule has 1 amide bonds. The van der Waals surface area contributed by atoms with E-state index in [0.717, 1.165) is 76.2 Å². The van der Waals surface area contributed by atoms with Crippen LogP contribution in [-0.2, 0) is 34.3 Å². The first-order chi connectivity index (χ1) is 16.0. The van der Waals surface area contributed by atoms with Gasteiger partial charge in [-0.05, 0) is 69.4 Å². The molecule has 6 heteroatoms. The molecule has 1 aromatic carbocycles. The van der Waals surface area contributed by atoms with E-state index in [0.29, 0.717) is 18.9 Å². The van der Waals surface area contributed by atoms with Crippen molar-refractivity contribution in [3.8, 4) is 0 Å². The van der Waals surface area contributed by atoms with Gasteiger partial charge in [-0.25, -0.2) is 0 Å². The fourth-order valence-electron chi connectivity index (χ4n) is 5.47. The maximum Gasteiger partial charge on any atom is 0.222 e. The molecule has 2 fully saturated rings. The van der Waals surface area contributed by atoms with Crippen LogP contribution in [0, 0.1) is 19.8 Å². The number of nitrogens with zero attached hydrogens (tertiary/aromatic N) is 3. The summed E-state index contributed by atoms with van der Waals surface area (Å²) in [6.45, 7) is 8.03. The third-order valence-corrected chi connectivity index (χ3v) is 7.65.